The Kier molecular flexibility index (Phi) is 5.14. The molecule has 3 aromatic carbocycles. The minimum atomic E-state index is -1.22. The van der Waals surface area contributed by atoms with Crippen molar-refractivity contribution >= 4 is 12.1 Å². The van der Waals surface area contributed by atoms with E-state index in [0.29, 0.717) is 0 Å². The molecule has 1 aliphatic heterocycles. The predicted octanol–water partition coefficient (Wildman–Crippen LogP) is 4.57. The van der Waals surface area contributed by atoms with Gasteiger partial charge in [0.1, 0.15) is 12.4 Å². The smallest absolute Gasteiger partial charge is 0.412 e. The Hall–Kier alpha value is -3.80. The molecule has 1 heterocycles. The third kappa shape index (κ3) is 3.72. The summed E-state index contributed by atoms with van der Waals surface area (Å²) in [5.74, 6) is 0.731. The standard InChI is InChI=1S/C24H22N2O4/c1-16-5-3-6-17(13-16)18-7-4-8-20(14-18)24(15-30-22(26-24)25-23(27)28)19-9-11-21(29-2)12-10-19/h3-14H,15H2,1-2H3,(H,25,26)(H,27,28). The first-order valence-corrected chi connectivity index (χ1v) is 9.55. The van der Waals surface area contributed by atoms with Crippen molar-refractivity contribution in [2.24, 2.45) is 4.99 Å². The van der Waals surface area contributed by atoms with Gasteiger partial charge in [0.2, 0.25) is 0 Å². The summed E-state index contributed by atoms with van der Waals surface area (Å²) in [6.45, 7) is 2.25. The average molecular weight is 402 g/mol. The van der Waals surface area contributed by atoms with Crippen LogP contribution in [-0.2, 0) is 10.3 Å². The van der Waals surface area contributed by atoms with Crippen LogP contribution >= 0.6 is 0 Å². The van der Waals surface area contributed by atoms with Gasteiger partial charge in [-0.25, -0.2) is 15.1 Å². The highest BCUT2D eigenvalue weighted by molar-refractivity contribution is 5.91. The lowest BCUT2D eigenvalue weighted by molar-refractivity contribution is 0.195. The normalized spacial score (nSPS) is 17.7. The van der Waals surface area contributed by atoms with Crippen molar-refractivity contribution in [3.05, 3.63) is 89.5 Å². The van der Waals surface area contributed by atoms with Crippen LogP contribution in [0.15, 0.2) is 77.8 Å². The lowest BCUT2D eigenvalue weighted by Gasteiger charge is -2.26. The molecule has 4 rings (SSSR count). The zero-order valence-electron chi connectivity index (χ0n) is 16.8. The van der Waals surface area contributed by atoms with Crippen LogP contribution < -0.4 is 10.1 Å². The minimum absolute atomic E-state index is 0.0146. The molecule has 0 saturated heterocycles. The van der Waals surface area contributed by atoms with Crippen molar-refractivity contribution < 1.29 is 19.4 Å². The molecular weight excluding hydrogens is 380 g/mol. The number of aryl methyl sites for hydroxylation is 1. The fraction of sp³-hybridized carbons (Fsp3) is 0.167. The number of ether oxygens (including phenoxy) is 2. The molecule has 6 heteroatoms. The third-order valence-electron chi connectivity index (χ3n) is 5.18. The lowest BCUT2D eigenvalue weighted by Crippen LogP contribution is -2.28. The van der Waals surface area contributed by atoms with E-state index in [-0.39, 0.29) is 12.6 Å². The van der Waals surface area contributed by atoms with Crippen LogP contribution in [-0.4, -0.2) is 30.9 Å². The molecule has 1 aliphatic rings. The SMILES string of the molecule is COc1ccc(C2(c3cccc(-c4cccc(C)c4)c3)COC(NC(=O)O)=N2)cc1. The monoisotopic (exact) mass is 402 g/mol. The maximum atomic E-state index is 11.1. The summed E-state index contributed by atoms with van der Waals surface area (Å²) in [4.78, 5) is 15.8. The van der Waals surface area contributed by atoms with E-state index in [1.165, 1.54) is 5.56 Å². The lowest BCUT2D eigenvalue weighted by atomic mass is 9.83. The highest BCUT2D eigenvalue weighted by atomic mass is 16.5. The van der Waals surface area contributed by atoms with Crippen molar-refractivity contribution in [1.82, 2.24) is 5.32 Å². The molecule has 1 amide bonds. The molecule has 0 radical (unpaired) electrons. The van der Waals surface area contributed by atoms with E-state index in [9.17, 15) is 4.79 Å². The van der Waals surface area contributed by atoms with Gasteiger partial charge in [0.15, 0.2) is 5.54 Å². The molecule has 30 heavy (non-hydrogen) atoms. The van der Waals surface area contributed by atoms with E-state index in [1.54, 1.807) is 7.11 Å². The van der Waals surface area contributed by atoms with Gasteiger partial charge in [0, 0.05) is 0 Å². The van der Waals surface area contributed by atoms with Crippen LogP contribution in [0.3, 0.4) is 0 Å². The molecule has 0 spiro atoms. The maximum absolute atomic E-state index is 11.1. The van der Waals surface area contributed by atoms with E-state index in [2.05, 4.69) is 47.6 Å². The number of carbonyl (C=O) groups is 1. The van der Waals surface area contributed by atoms with Gasteiger partial charge in [-0.1, -0.05) is 60.2 Å². The second kappa shape index (κ2) is 7.91. The number of benzene rings is 3. The second-order valence-electron chi connectivity index (χ2n) is 7.17. The second-order valence-corrected chi connectivity index (χ2v) is 7.17. The summed E-state index contributed by atoms with van der Waals surface area (Å²) >= 11 is 0. The van der Waals surface area contributed by atoms with Gasteiger partial charge in [0.25, 0.3) is 6.02 Å². The Morgan fingerprint density at radius 3 is 2.40 bits per heavy atom. The molecule has 2 N–H and O–H groups in total. The van der Waals surface area contributed by atoms with Crippen LogP contribution in [0.2, 0.25) is 0 Å². The van der Waals surface area contributed by atoms with E-state index in [4.69, 9.17) is 14.6 Å². The van der Waals surface area contributed by atoms with E-state index in [1.807, 2.05) is 42.5 Å². The summed E-state index contributed by atoms with van der Waals surface area (Å²) in [5, 5.41) is 11.3. The van der Waals surface area contributed by atoms with Crippen LogP contribution in [0.1, 0.15) is 16.7 Å². The van der Waals surface area contributed by atoms with Crippen LogP contribution in [0.5, 0.6) is 5.75 Å². The van der Waals surface area contributed by atoms with Crippen molar-refractivity contribution in [3.63, 3.8) is 0 Å². The number of amides is 1. The molecule has 1 atom stereocenters. The number of methoxy groups -OCH3 is 1. The largest absolute Gasteiger partial charge is 0.497 e. The maximum Gasteiger partial charge on any atom is 0.412 e. The van der Waals surface area contributed by atoms with Crippen molar-refractivity contribution in [3.8, 4) is 16.9 Å². The summed E-state index contributed by atoms with van der Waals surface area (Å²) in [6, 6.07) is 23.9. The van der Waals surface area contributed by atoms with Gasteiger partial charge in [-0.05, 0) is 47.4 Å². The van der Waals surface area contributed by atoms with Crippen LogP contribution in [0.4, 0.5) is 4.79 Å². The molecule has 1 unspecified atom stereocenters. The van der Waals surface area contributed by atoms with Gasteiger partial charge in [0.05, 0.1) is 7.11 Å². The number of rotatable bonds is 4. The van der Waals surface area contributed by atoms with E-state index < -0.39 is 11.6 Å². The minimum Gasteiger partial charge on any atom is -0.497 e. The summed E-state index contributed by atoms with van der Waals surface area (Å²) < 4.78 is 10.9. The van der Waals surface area contributed by atoms with Gasteiger partial charge < -0.3 is 14.6 Å². The number of carboxylic acid groups (broad SMARTS) is 1. The molecule has 0 bridgehead atoms. The molecule has 0 fully saturated rings. The first kappa shape index (κ1) is 19.5. The average Bonchev–Trinajstić information content (AvgIpc) is 3.18. The Morgan fingerprint density at radius 2 is 1.73 bits per heavy atom. The van der Waals surface area contributed by atoms with E-state index >= 15 is 0 Å². The van der Waals surface area contributed by atoms with E-state index in [0.717, 1.165) is 28.0 Å². The van der Waals surface area contributed by atoms with Crippen molar-refractivity contribution in [2.45, 2.75) is 12.5 Å². The van der Waals surface area contributed by atoms with Crippen LogP contribution in [0, 0.1) is 6.92 Å². The van der Waals surface area contributed by atoms with Gasteiger partial charge >= 0.3 is 6.09 Å². The fourth-order valence-electron chi connectivity index (χ4n) is 3.68. The number of amidine groups is 1. The Morgan fingerprint density at radius 1 is 1.03 bits per heavy atom. The number of nitrogens with zero attached hydrogens (tertiary/aromatic N) is 1. The number of aliphatic imine (C=N–C) groups is 1. The topological polar surface area (TPSA) is 80.2 Å². The Bertz CT molecular complexity index is 1110. The highest BCUT2D eigenvalue weighted by Crippen LogP contribution is 2.39. The van der Waals surface area contributed by atoms with Crippen molar-refractivity contribution in [2.75, 3.05) is 13.7 Å². The molecule has 0 aliphatic carbocycles. The third-order valence-corrected chi connectivity index (χ3v) is 5.18. The molecule has 6 nitrogen and oxygen atoms in total. The summed E-state index contributed by atoms with van der Waals surface area (Å²) in [7, 11) is 1.61. The highest BCUT2D eigenvalue weighted by Gasteiger charge is 2.41. The Balaban J connectivity index is 1.83. The summed E-state index contributed by atoms with van der Waals surface area (Å²) in [5.41, 5.74) is 4.26. The van der Waals surface area contributed by atoms with Gasteiger partial charge in [-0.3, -0.25) is 0 Å². The van der Waals surface area contributed by atoms with Crippen molar-refractivity contribution in [1.29, 1.82) is 0 Å². The zero-order chi connectivity index (χ0) is 21.1. The first-order valence-electron chi connectivity index (χ1n) is 9.55. The molecule has 0 saturated carbocycles. The van der Waals surface area contributed by atoms with Gasteiger partial charge in [-0.2, -0.15) is 0 Å². The fourth-order valence-corrected chi connectivity index (χ4v) is 3.68. The number of hydrogen-bond donors (Lipinski definition) is 2. The number of nitrogens with one attached hydrogen (secondary N) is 1. The van der Waals surface area contributed by atoms with Gasteiger partial charge in [-0.15, -0.1) is 0 Å². The quantitative estimate of drug-likeness (QED) is 0.670. The predicted molar refractivity (Wildman–Crippen MR) is 115 cm³/mol. The van der Waals surface area contributed by atoms with Crippen LogP contribution in [0.25, 0.3) is 11.1 Å². The first-order chi connectivity index (χ1) is 14.5. The summed E-state index contributed by atoms with van der Waals surface area (Å²) in [6.07, 6.45) is -1.22. The number of hydrogen-bond acceptors (Lipinski definition) is 4. The molecule has 152 valence electrons. The zero-order valence-corrected chi connectivity index (χ0v) is 16.8. The molecule has 0 aromatic heterocycles. The Labute approximate surface area is 174 Å². The molecule has 3 aromatic rings. The molecular formula is C24H22N2O4.